The molecule has 0 saturated heterocycles. The molecule has 5 unspecified atom stereocenters. The van der Waals surface area contributed by atoms with E-state index in [0.29, 0.717) is 53.5 Å². The molecule has 0 heterocycles. The van der Waals surface area contributed by atoms with Crippen LogP contribution in [0.3, 0.4) is 0 Å². The molecule has 5 atom stereocenters. The maximum atomic E-state index is 13.0. The summed E-state index contributed by atoms with van der Waals surface area (Å²) in [5.74, 6) is -25.0. The number of esters is 10. The van der Waals surface area contributed by atoms with Crippen LogP contribution in [-0.4, -0.2) is 254 Å². The van der Waals surface area contributed by atoms with Crippen molar-refractivity contribution in [2.75, 3.05) is 28.8 Å². The predicted molar refractivity (Wildman–Crippen MR) is 456 cm³/mol. The molecular weight excluding hydrogens is 2040 g/mol. The fourth-order valence-corrected chi connectivity index (χ4v) is 14.8. The lowest BCUT2D eigenvalue weighted by atomic mass is 9.89. The minimum absolute atomic E-state index is 0.00289. The van der Waals surface area contributed by atoms with Crippen molar-refractivity contribution in [1.82, 2.24) is 0 Å². The van der Waals surface area contributed by atoms with Gasteiger partial charge in [-0.25, -0.2) is 70.9 Å². The Morgan fingerprint density at radius 2 is 0.535 bits per heavy atom. The van der Waals surface area contributed by atoms with Crippen molar-refractivity contribution in [3.8, 4) is 28.7 Å². The lowest BCUT2D eigenvalue weighted by molar-refractivity contribution is -0.197. The third-order valence-electron chi connectivity index (χ3n) is 18.8. The molecule has 0 aromatic heterocycles. The van der Waals surface area contributed by atoms with E-state index in [1.807, 2.05) is 0 Å². The maximum Gasteiger partial charge on any atom is 0.426 e. The molecule has 2 aliphatic carbocycles. The molecular formula is C82H77B5F15O35S5-5. The number of alkyl halides is 15. The molecule has 8 rings (SSSR count). The van der Waals surface area contributed by atoms with E-state index in [2.05, 4.69) is 23.7 Å². The van der Waals surface area contributed by atoms with Crippen molar-refractivity contribution in [3.05, 3.63) is 183 Å². The van der Waals surface area contributed by atoms with Gasteiger partial charge in [0.1, 0.15) is 56.6 Å². The van der Waals surface area contributed by atoms with Gasteiger partial charge in [0.15, 0.2) is 0 Å². The summed E-state index contributed by atoms with van der Waals surface area (Å²) >= 11 is 0. The first-order chi connectivity index (χ1) is 65.3. The molecule has 60 heteroatoms. The lowest BCUT2D eigenvalue weighted by Gasteiger charge is -2.23. The van der Waals surface area contributed by atoms with E-state index in [-0.39, 0.29) is 55.1 Å². The van der Waals surface area contributed by atoms with Gasteiger partial charge in [-0.2, -0.15) is 65.9 Å². The first kappa shape index (κ1) is 123. The van der Waals surface area contributed by atoms with E-state index in [0.717, 1.165) is 74.6 Å². The predicted octanol–water partition coefficient (Wildman–Crippen LogP) is 9.62. The number of ether oxygens (including phenoxy) is 10. The number of carbonyl (C=O) groups excluding carboxylic acids is 10. The zero-order valence-corrected chi connectivity index (χ0v) is 77.8. The van der Waals surface area contributed by atoms with Gasteiger partial charge in [-0.3, -0.25) is 19.2 Å². The molecule has 2 saturated carbocycles. The number of halogens is 15. The molecule has 0 bridgehead atoms. The summed E-state index contributed by atoms with van der Waals surface area (Å²) in [6.45, 7) is 4.43. The monoisotopic (exact) mass is 2120 g/mol. The van der Waals surface area contributed by atoms with E-state index in [9.17, 15) is 179 Å². The van der Waals surface area contributed by atoms with Crippen molar-refractivity contribution < 1.29 is 226 Å². The second-order valence-electron chi connectivity index (χ2n) is 30.3. The van der Waals surface area contributed by atoms with Gasteiger partial charge in [-0.15, -0.1) is 0 Å². The van der Waals surface area contributed by atoms with Gasteiger partial charge in [-0.1, -0.05) is 161 Å². The summed E-state index contributed by atoms with van der Waals surface area (Å²) in [6.07, 6.45) is -35.8. The van der Waals surface area contributed by atoms with Crippen molar-refractivity contribution in [1.29, 1.82) is 0 Å². The van der Waals surface area contributed by atoms with Gasteiger partial charge in [0.2, 0.25) is 30.5 Å². The van der Waals surface area contributed by atoms with Gasteiger partial charge in [0, 0.05) is 6.42 Å². The second kappa shape index (κ2) is 53.4. The van der Waals surface area contributed by atoms with Gasteiger partial charge < -0.3 is 70.1 Å². The van der Waals surface area contributed by atoms with Gasteiger partial charge in [0.05, 0.1) is 142 Å². The summed E-state index contributed by atoms with van der Waals surface area (Å²) in [7, 11) is 0.656. The van der Waals surface area contributed by atoms with Crippen LogP contribution < -0.4 is 23.7 Å². The Morgan fingerprint density at radius 1 is 0.317 bits per heavy atom. The van der Waals surface area contributed by atoms with Crippen LogP contribution in [0.5, 0.6) is 28.7 Å². The van der Waals surface area contributed by atoms with Crippen LogP contribution in [0.2, 0.25) is 0 Å². The fraction of sp³-hybridized carbons (Fsp3) is 0.439. The third kappa shape index (κ3) is 43.6. The Kier molecular flexibility index (Phi) is 46.3. The molecule has 35 nitrogen and oxygen atoms in total. The smallest absolute Gasteiger partial charge is 0.426 e. The summed E-state index contributed by atoms with van der Waals surface area (Å²) in [5, 5.41) is 0. The summed E-state index contributed by atoms with van der Waals surface area (Å²) < 4.78 is 401. The average Bonchev–Trinajstić information content (AvgIpc) is 0.879. The molecule has 2 fully saturated rings. The van der Waals surface area contributed by atoms with Crippen molar-refractivity contribution >= 4 is 150 Å². The van der Waals surface area contributed by atoms with Crippen LogP contribution in [0.15, 0.2) is 121 Å². The minimum Gasteiger partial charge on any atom is -0.748 e. The Bertz CT molecular complexity index is 6030. The Labute approximate surface area is 807 Å². The highest BCUT2D eigenvalue weighted by Gasteiger charge is 2.50. The SMILES string of the molecule is [B]Cc1ccc(C(=O)OC(CS(=O)(=O)[O-])C(F)(F)F)c(OC(=O)C(C)C)c1.[B]Cc1ccc(C(=O)OC(CS(=O)(=O)[O-])C(F)(F)F)c(OC(=O)C2CCCC2)c1.[B]Cc1ccc(C(=O)OC(CS(=O)(=O)[O-])C(F)(F)F)c(OC(=O)C2CCCCC2)c1.[B]Cc1ccc(C(=O)OC(CS(=O)(=O)[O-])C(F)(F)F)c(OC(=O)CC)c1.[B]Cc1ccc(C(=O)OC(CS(=O)(=O)[O-])C(F)(F)F)c(OC(=O)c2ccccc2)c1. The lowest BCUT2D eigenvalue weighted by Crippen LogP contribution is -2.39. The molecule has 6 aromatic rings. The molecule has 10 radical (unpaired) electrons. The molecule has 0 amide bonds. The van der Waals surface area contributed by atoms with Crippen molar-refractivity contribution in [3.63, 3.8) is 0 Å². The van der Waals surface area contributed by atoms with Gasteiger partial charge in [0.25, 0.3) is 0 Å². The molecule has 0 N–H and O–H groups in total. The quantitative estimate of drug-likeness (QED) is 0.00891. The van der Waals surface area contributed by atoms with E-state index in [1.165, 1.54) is 81.4 Å². The van der Waals surface area contributed by atoms with Crippen LogP contribution in [0.1, 0.15) is 175 Å². The van der Waals surface area contributed by atoms with E-state index in [4.69, 9.17) is 62.9 Å². The van der Waals surface area contributed by atoms with Crippen molar-refractivity contribution in [2.45, 2.75) is 178 Å². The summed E-state index contributed by atoms with van der Waals surface area (Å²) in [5.41, 5.74) is -0.563. The maximum absolute atomic E-state index is 13.0. The molecule has 0 spiro atoms. The minimum atomic E-state index is -5.36. The topological polar surface area (TPSA) is 549 Å². The molecule has 770 valence electrons. The summed E-state index contributed by atoms with van der Waals surface area (Å²) in [4.78, 5) is 121. The molecule has 0 aliphatic heterocycles. The number of rotatable bonds is 35. The van der Waals surface area contributed by atoms with Gasteiger partial charge in [-0.05, 0) is 98.5 Å². The zero-order valence-electron chi connectivity index (χ0n) is 73.7. The van der Waals surface area contributed by atoms with Crippen LogP contribution >= 0.6 is 0 Å². The van der Waals surface area contributed by atoms with E-state index in [1.54, 1.807) is 18.2 Å². The molecule has 6 aromatic carbocycles. The molecule has 142 heavy (non-hydrogen) atoms. The number of benzene rings is 6. The second-order valence-corrected chi connectivity index (χ2v) is 37.5. The first-order valence-corrected chi connectivity index (χ1v) is 48.6. The highest BCUT2D eigenvalue weighted by molar-refractivity contribution is 7.86. The van der Waals surface area contributed by atoms with Crippen LogP contribution in [0, 0.1) is 17.8 Å². The fourth-order valence-electron chi connectivity index (χ4n) is 11.6. The van der Waals surface area contributed by atoms with Crippen molar-refractivity contribution in [2.24, 2.45) is 17.8 Å². The van der Waals surface area contributed by atoms with Gasteiger partial charge >= 0.3 is 90.6 Å². The highest BCUT2D eigenvalue weighted by atomic mass is 32.2. The number of hydrogen-bond acceptors (Lipinski definition) is 35. The van der Waals surface area contributed by atoms with Crippen LogP contribution in [0.4, 0.5) is 65.9 Å². The highest BCUT2D eigenvalue weighted by Crippen LogP contribution is 2.38. The van der Waals surface area contributed by atoms with E-state index >= 15 is 0 Å². The number of hydrogen-bond donors (Lipinski definition) is 0. The third-order valence-corrected chi connectivity index (χ3v) is 22.4. The Hall–Kier alpha value is -11.2. The normalized spacial score (nSPS) is 14.5. The first-order valence-electron chi connectivity index (χ1n) is 40.7. The standard InChI is InChI=1S/C18H20BF3O7S.C18H14BF3O7S.C17H18BF3O7S.C15H16BF3O7S.C14H14BF3O7S/c2*19-9-11-6-7-13(14(8-11)28-16(23)12-4-2-1-3-5-12)17(24)29-15(18(20,21)22)10-30(25,26)27;18-8-10-5-6-12(13(7-10)27-15(22)11-3-1-2-4-11)16(23)28-14(17(19,20)21)9-29(24,25)26;1-8(2)13(20)25-11-5-9(6-16)3-4-10(11)14(21)26-12(15(17,18)19)7-27(22,23)24;1-2-12(19)24-10-5-8(6-15)3-4-9(10)13(20)25-11(14(16,17)18)7-26(21,22)23/h6-8,12,15H,1-5,9-10H2,(H,25,26,27);1-8,15H,9-10H2,(H,25,26,27);5-7,11,14H,1-4,8-9H2,(H,24,25,26);3-5,8,12H,6-7H2,1-2H3,(H,22,23,24);3-5,11H,2,6-7H2,1H3,(H,21,22,23)/p-5. The zero-order chi connectivity index (χ0) is 108. The van der Waals surface area contributed by atoms with Crippen LogP contribution in [-0.2, 0) is 125 Å². The largest absolute Gasteiger partial charge is 0.748 e. The van der Waals surface area contributed by atoms with E-state index < -0.39 is 263 Å². The molecule has 2 aliphatic rings. The summed E-state index contributed by atoms with van der Waals surface area (Å²) in [6, 6.07) is 25.1. The number of carbonyl (C=O) groups is 10. The Balaban J connectivity index is 0.000000371. The van der Waals surface area contributed by atoms with Crippen LogP contribution in [0.25, 0.3) is 0 Å². The average molecular weight is 2120 g/mol. The Morgan fingerprint density at radius 3 is 0.746 bits per heavy atom.